The molecule has 5 heterocycles. The number of esters is 1. The van der Waals surface area contributed by atoms with E-state index in [0.29, 0.717) is 49.0 Å². The van der Waals surface area contributed by atoms with Crippen molar-refractivity contribution in [3.8, 4) is 0 Å². The molecule has 262 valence electrons. The van der Waals surface area contributed by atoms with Gasteiger partial charge in [0.1, 0.15) is 29.8 Å². The average Bonchev–Trinajstić information content (AvgIpc) is 3.39. The molecule has 4 saturated heterocycles. The van der Waals surface area contributed by atoms with Crippen LogP contribution in [0.1, 0.15) is 80.1 Å². The Balaban J connectivity index is 1.40. The molecule has 1 spiro atoms. The van der Waals surface area contributed by atoms with E-state index in [1.807, 2.05) is 12.2 Å². The number of aliphatic hydroxyl groups excluding tert-OH is 1. The molecule has 2 N–H and O–H groups in total. The molecule has 0 aromatic heterocycles. The predicted octanol–water partition coefficient (Wildman–Crippen LogP) is 4.87. The molecule has 2 bridgehead atoms. The summed E-state index contributed by atoms with van der Waals surface area (Å²) < 4.78 is 32.2. The number of carbonyl (C=O) groups is 1. The van der Waals surface area contributed by atoms with Crippen LogP contribution in [0.3, 0.4) is 0 Å². The number of rotatable bonds is 3. The quantitative estimate of drug-likeness (QED) is 0.325. The van der Waals surface area contributed by atoms with Gasteiger partial charge < -0.3 is 33.9 Å². The Kier molecular flexibility index (Phi) is 10.6. The predicted molar refractivity (Wildman–Crippen MR) is 178 cm³/mol. The SMILES string of the molecule is CC[C@H](C)[C@H]1O[C@]2(CC[C@@H]1C)C[C@@H]1C[C@@H](CC(N3CCOCC3)/C(C)=C\[C@@H](C)/C=C/C=C3\CO[C@@H]4[C@H](O)C(C)=C[C@@H](C(=O)O1)[C@]34O)O2. The zero-order valence-corrected chi connectivity index (χ0v) is 29.2. The van der Waals surface area contributed by atoms with Gasteiger partial charge in [0.05, 0.1) is 32.0 Å². The van der Waals surface area contributed by atoms with Crippen molar-refractivity contribution in [2.75, 3.05) is 32.9 Å². The van der Waals surface area contributed by atoms with E-state index in [2.05, 4.69) is 51.7 Å². The Morgan fingerprint density at radius 3 is 2.57 bits per heavy atom. The molecule has 5 aliphatic heterocycles. The number of hydrogen-bond acceptors (Lipinski definition) is 9. The third-order valence-electron chi connectivity index (χ3n) is 11.8. The van der Waals surface area contributed by atoms with Crippen molar-refractivity contribution < 1.29 is 38.7 Å². The second-order valence-electron chi connectivity index (χ2n) is 15.3. The first-order valence-corrected chi connectivity index (χ1v) is 18.1. The van der Waals surface area contributed by atoms with Gasteiger partial charge >= 0.3 is 5.97 Å². The van der Waals surface area contributed by atoms with Gasteiger partial charge in [-0.25, -0.2) is 0 Å². The summed E-state index contributed by atoms with van der Waals surface area (Å²) in [6.45, 7) is 16.1. The topological polar surface area (TPSA) is 107 Å². The Hall–Kier alpha value is -1.85. The molecule has 0 aromatic rings. The fraction of sp³-hybridized carbons (Fsp3) is 0.763. The summed E-state index contributed by atoms with van der Waals surface area (Å²) in [6.07, 6.45) is 11.8. The van der Waals surface area contributed by atoms with Crippen molar-refractivity contribution in [1.29, 1.82) is 0 Å². The first-order valence-electron chi connectivity index (χ1n) is 18.1. The summed E-state index contributed by atoms with van der Waals surface area (Å²) in [5.74, 6) is -1.45. The molecular weight excluding hydrogens is 598 g/mol. The van der Waals surface area contributed by atoms with Crippen LogP contribution < -0.4 is 0 Å². The Morgan fingerprint density at radius 2 is 1.83 bits per heavy atom. The minimum Gasteiger partial charge on any atom is -0.462 e. The van der Waals surface area contributed by atoms with Gasteiger partial charge in [0.2, 0.25) is 0 Å². The number of aliphatic hydroxyl groups is 2. The highest BCUT2D eigenvalue weighted by molar-refractivity contribution is 5.78. The minimum absolute atomic E-state index is 0.0567. The summed E-state index contributed by atoms with van der Waals surface area (Å²) in [5, 5.41) is 23.3. The molecular formula is C38H57NO8. The number of fused-ring (bicyclic) bond motifs is 2. The maximum atomic E-state index is 14.3. The van der Waals surface area contributed by atoms with Crippen LogP contribution in [0.15, 0.2) is 47.1 Å². The highest BCUT2D eigenvalue weighted by atomic mass is 16.7. The first-order chi connectivity index (χ1) is 22.4. The van der Waals surface area contributed by atoms with Crippen LogP contribution in [0.2, 0.25) is 0 Å². The Labute approximate surface area is 281 Å². The highest BCUT2D eigenvalue weighted by Crippen LogP contribution is 2.48. The molecule has 0 aromatic carbocycles. The minimum atomic E-state index is -1.71. The van der Waals surface area contributed by atoms with Gasteiger partial charge in [-0.15, -0.1) is 0 Å². The molecule has 4 fully saturated rings. The van der Waals surface area contributed by atoms with E-state index in [4.69, 9.17) is 23.7 Å². The van der Waals surface area contributed by atoms with Crippen molar-refractivity contribution in [1.82, 2.24) is 4.90 Å². The van der Waals surface area contributed by atoms with Gasteiger partial charge in [-0.2, -0.15) is 0 Å². The molecule has 1 aliphatic carbocycles. The van der Waals surface area contributed by atoms with E-state index in [1.165, 1.54) is 5.57 Å². The second kappa shape index (κ2) is 14.2. The number of carbonyl (C=O) groups excluding carboxylic acids is 1. The van der Waals surface area contributed by atoms with Crippen LogP contribution in [0.4, 0.5) is 0 Å². The molecule has 47 heavy (non-hydrogen) atoms. The number of nitrogens with zero attached hydrogens (tertiary/aromatic N) is 1. The summed E-state index contributed by atoms with van der Waals surface area (Å²) in [5.41, 5.74) is 0.721. The van der Waals surface area contributed by atoms with Crippen LogP contribution in [0, 0.1) is 23.7 Å². The zero-order valence-electron chi connectivity index (χ0n) is 29.2. The number of hydrogen-bond donors (Lipinski definition) is 2. The zero-order chi connectivity index (χ0) is 33.5. The molecule has 1 unspecified atom stereocenters. The molecule has 6 rings (SSSR count). The van der Waals surface area contributed by atoms with Crippen LogP contribution in [-0.4, -0.2) is 102 Å². The van der Waals surface area contributed by atoms with E-state index >= 15 is 0 Å². The number of morpholine rings is 1. The van der Waals surface area contributed by atoms with Gasteiger partial charge in [-0.3, -0.25) is 9.69 Å². The fourth-order valence-electron chi connectivity index (χ4n) is 8.94. The first kappa shape index (κ1) is 35.0. The lowest BCUT2D eigenvalue weighted by Crippen LogP contribution is -2.59. The van der Waals surface area contributed by atoms with Gasteiger partial charge in [0.15, 0.2) is 5.79 Å². The van der Waals surface area contributed by atoms with E-state index in [0.717, 1.165) is 38.8 Å². The van der Waals surface area contributed by atoms with Crippen molar-refractivity contribution in [3.05, 3.63) is 47.1 Å². The van der Waals surface area contributed by atoms with Crippen LogP contribution in [-0.2, 0) is 28.5 Å². The van der Waals surface area contributed by atoms with Gasteiger partial charge in [-0.1, -0.05) is 70.1 Å². The Bertz CT molecular complexity index is 1270. The number of allylic oxidation sites excluding steroid dienone is 4. The molecule has 12 atom stereocenters. The summed E-state index contributed by atoms with van der Waals surface area (Å²) >= 11 is 0. The van der Waals surface area contributed by atoms with Crippen molar-refractivity contribution in [2.45, 2.75) is 128 Å². The van der Waals surface area contributed by atoms with E-state index in [-0.39, 0.29) is 30.8 Å². The van der Waals surface area contributed by atoms with Crippen LogP contribution >= 0.6 is 0 Å². The van der Waals surface area contributed by atoms with Gasteiger partial charge in [0.25, 0.3) is 0 Å². The van der Waals surface area contributed by atoms with Crippen molar-refractivity contribution in [2.24, 2.45) is 23.7 Å². The smallest absolute Gasteiger partial charge is 0.316 e. The average molecular weight is 656 g/mol. The lowest BCUT2D eigenvalue weighted by Gasteiger charge is -2.51. The summed E-state index contributed by atoms with van der Waals surface area (Å²) in [4.78, 5) is 16.8. The molecule has 6 aliphatic rings. The van der Waals surface area contributed by atoms with Gasteiger partial charge in [0, 0.05) is 38.4 Å². The maximum absolute atomic E-state index is 14.3. The molecule has 0 saturated carbocycles. The third-order valence-corrected chi connectivity index (χ3v) is 11.8. The summed E-state index contributed by atoms with van der Waals surface area (Å²) in [6, 6.07) is 0.143. The second-order valence-corrected chi connectivity index (χ2v) is 15.3. The van der Waals surface area contributed by atoms with Gasteiger partial charge in [-0.05, 0) is 55.6 Å². The highest BCUT2D eigenvalue weighted by Gasteiger charge is 2.60. The molecule has 9 nitrogen and oxygen atoms in total. The standard InChI is InChI=1S/C38H57NO8/c1-7-24(3)34-25(4)11-12-37(47-34)21-30-19-29(46-37)20-32(39-13-15-43-16-14-39)26(5)17-23(2)9-8-10-28-22-44-35-33(40)27(6)18-31(36(41)45-30)38(28,35)42/h8-10,17-18,23-25,29-35,40,42H,7,11-16,19-22H2,1-6H3/b9-8+,26-17-,28-10+/t23-,24-,25-,29-,30-,31-,32?,33+,34+,35+,37+,38+/m0/s1. The molecule has 9 heteroatoms. The van der Waals surface area contributed by atoms with Crippen molar-refractivity contribution in [3.63, 3.8) is 0 Å². The van der Waals surface area contributed by atoms with Crippen LogP contribution in [0.5, 0.6) is 0 Å². The van der Waals surface area contributed by atoms with Crippen LogP contribution in [0.25, 0.3) is 0 Å². The molecule has 0 radical (unpaired) electrons. The van der Waals surface area contributed by atoms with E-state index in [1.54, 1.807) is 13.0 Å². The lowest BCUT2D eigenvalue weighted by molar-refractivity contribution is -0.342. The molecule has 0 amide bonds. The van der Waals surface area contributed by atoms with E-state index < -0.39 is 41.6 Å². The Morgan fingerprint density at radius 1 is 1.06 bits per heavy atom. The third kappa shape index (κ3) is 6.96. The fourth-order valence-corrected chi connectivity index (χ4v) is 8.94. The monoisotopic (exact) mass is 655 g/mol. The largest absolute Gasteiger partial charge is 0.462 e. The van der Waals surface area contributed by atoms with Crippen molar-refractivity contribution >= 4 is 5.97 Å². The lowest BCUT2D eigenvalue weighted by atomic mass is 9.71. The summed E-state index contributed by atoms with van der Waals surface area (Å²) in [7, 11) is 0. The normalized spacial score (nSPS) is 47.1. The maximum Gasteiger partial charge on any atom is 0.316 e. The number of ether oxygens (including phenoxy) is 5. The van der Waals surface area contributed by atoms with E-state index in [9.17, 15) is 15.0 Å².